The third-order valence-electron chi connectivity index (χ3n) is 4.71. The van der Waals surface area contributed by atoms with Crippen molar-refractivity contribution in [3.05, 3.63) is 42.0 Å². The van der Waals surface area contributed by atoms with Gasteiger partial charge in [-0.3, -0.25) is 4.68 Å². The van der Waals surface area contributed by atoms with E-state index in [0.717, 1.165) is 49.0 Å². The monoisotopic (exact) mass is 352 g/mol. The molecule has 1 fully saturated rings. The molecule has 0 aromatic carbocycles. The highest BCUT2D eigenvalue weighted by Crippen LogP contribution is 2.21. The van der Waals surface area contributed by atoms with Crippen LogP contribution < -0.4 is 10.2 Å². The van der Waals surface area contributed by atoms with Crippen molar-refractivity contribution in [1.29, 1.82) is 0 Å². The third-order valence-corrected chi connectivity index (χ3v) is 4.71. The van der Waals surface area contributed by atoms with Crippen molar-refractivity contribution in [3.63, 3.8) is 0 Å². The Morgan fingerprint density at radius 1 is 1.19 bits per heavy atom. The van der Waals surface area contributed by atoms with Crippen LogP contribution in [0.25, 0.3) is 5.82 Å². The van der Waals surface area contributed by atoms with Crippen LogP contribution in [0.5, 0.6) is 0 Å². The fourth-order valence-corrected chi connectivity index (χ4v) is 3.49. The van der Waals surface area contributed by atoms with E-state index in [-0.39, 0.29) is 0 Å². The van der Waals surface area contributed by atoms with Gasteiger partial charge in [-0.15, -0.1) is 10.2 Å². The van der Waals surface area contributed by atoms with Crippen LogP contribution >= 0.6 is 0 Å². The normalized spacial score (nSPS) is 17.5. The van der Waals surface area contributed by atoms with E-state index in [2.05, 4.69) is 36.8 Å². The van der Waals surface area contributed by atoms with E-state index < -0.39 is 0 Å². The summed E-state index contributed by atoms with van der Waals surface area (Å²) in [5.74, 6) is 1.54. The molecule has 1 aliphatic rings. The Morgan fingerprint density at radius 2 is 2.08 bits per heavy atom. The molecule has 0 saturated carbocycles. The summed E-state index contributed by atoms with van der Waals surface area (Å²) in [5, 5.41) is 20.9. The van der Waals surface area contributed by atoms with E-state index in [9.17, 15) is 0 Å². The molecule has 8 nitrogen and oxygen atoms in total. The lowest BCUT2D eigenvalue weighted by Gasteiger charge is -2.34. The summed E-state index contributed by atoms with van der Waals surface area (Å²) in [6.45, 7) is 5.99. The molecule has 4 rings (SSSR count). The topological polar surface area (TPSA) is 76.7 Å². The molecule has 0 amide bonds. The van der Waals surface area contributed by atoms with E-state index in [1.165, 1.54) is 5.69 Å². The molecule has 0 bridgehead atoms. The number of anilines is 2. The van der Waals surface area contributed by atoms with Crippen molar-refractivity contribution in [3.8, 4) is 5.82 Å². The molecule has 1 aliphatic heterocycles. The second-order valence-electron chi connectivity index (χ2n) is 6.92. The minimum Gasteiger partial charge on any atom is -0.367 e. The van der Waals surface area contributed by atoms with E-state index in [0.29, 0.717) is 6.04 Å². The maximum absolute atomic E-state index is 4.45. The number of aryl methyl sites for hydroxylation is 3. The number of rotatable bonds is 4. The smallest absolute Gasteiger partial charge is 0.176 e. The third kappa shape index (κ3) is 3.40. The van der Waals surface area contributed by atoms with Crippen LogP contribution in [-0.2, 0) is 7.05 Å². The Bertz CT molecular complexity index is 879. The number of nitrogens with one attached hydrogen (secondary N) is 1. The van der Waals surface area contributed by atoms with Gasteiger partial charge in [0.05, 0.1) is 17.6 Å². The fourth-order valence-electron chi connectivity index (χ4n) is 3.49. The molecule has 1 atom stereocenters. The summed E-state index contributed by atoms with van der Waals surface area (Å²) in [4.78, 5) is 2.37. The summed E-state index contributed by atoms with van der Waals surface area (Å²) in [6, 6.07) is 6.30. The predicted octanol–water partition coefficient (Wildman–Crippen LogP) is 2.09. The van der Waals surface area contributed by atoms with Crippen LogP contribution in [0.3, 0.4) is 0 Å². The number of nitrogens with zero attached hydrogens (tertiary/aromatic N) is 7. The SMILES string of the molecule is Cc1cc(C)n(-c2ccc(NC3CCCN(c4cnn(C)c4)C3)nn2)n1. The van der Waals surface area contributed by atoms with Crippen molar-refractivity contribution in [2.45, 2.75) is 32.7 Å². The van der Waals surface area contributed by atoms with Gasteiger partial charge < -0.3 is 10.2 Å². The highest BCUT2D eigenvalue weighted by atomic mass is 15.4. The Kier molecular flexibility index (Phi) is 4.32. The summed E-state index contributed by atoms with van der Waals surface area (Å²) >= 11 is 0. The highest BCUT2D eigenvalue weighted by Gasteiger charge is 2.21. The molecule has 1 unspecified atom stereocenters. The lowest BCUT2D eigenvalue weighted by atomic mass is 10.1. The van der Waals surface area contributed by atoms with Crippen LogP contribution in [0.4, 0.5) is 11.5 Å². The zero-order valence-corrected chi connectivity index (χ0v) is 15.4. The molecule has 8 heteroatoms. The first kappa shape index (κ1) is 16.6. The van der Waals surface area contributed by atoms with E-state index in [1.807, 2.05) is 54.7 Å². The minimum absolute atomic E-state index is 0.345. The van der Waals surface area contributed by atoms with Gasteiger partial charge in [0.15, 0.2) is 5.82 Å². The highest BCUT2D eigenvalue weighted by molar-refractivity contribution is 5.45. The van der Waals surface area contributed by atoms with Gasteiger partial charge in [-0.05, 0) is 44.9 Å². The van der Waals surface area contributed by atoms with Crippen molar-refractivity contribution >= 4 is 11.5 Å². The van der Waals surface area contributed by atoms with Gasteiger partial charge in [0.1, 0.15) is 5.82 Å². The molecular formula is C18H24N8. The number of hydrogen-bond donors (Lipinski definition) is 1. The van der Waals surface area contributed by atoms with Crippen LogP contribution in [0.1, 0.15) is 24.2 Å². The Morgan fingerprint density at radius 3 is 2.73 bits per heavy atom. The molecule has 3 aromatic rings. The molecule has 136 valence electrons. The van der Waals surface area contributed by atoms with Crippen molar-refractivity contribution < 1.29 is 0 Å². The largest absolute Gasteiger partial charge is 0.367 e. The first-order valence-electron chi connectivity index (χ1n) is 8.96. The molecular weight excluding hydrogens is 328 g/mol. The minimum atomic E-state index is 0.345. The number of aromatic nitrogens is 6. The molecule has 4 heterocycles. The molecule has 0 aliphatic carbocycles. The Balaban J connectivity index is 1.43. The Hall–Kier alpha value is -2.90. The first-order chi connectivity index (χ1) is 12.6. The standard InChI is InChI=1S/C18H24N8/c1-13-9-14(2)26(23-13)18-7-6-17(21-22-18)20-15-5-4-8-25(11-15)16-10-19-24(3)12-16/h6-7,9-10,12,15H,4-5,8,11H2,1-3H3,(H,20,21). The average molecular weight is 352 g/mol. The summed E-state index contributed by atoms with van der Waals surface area (Å²) < 4.78 is 3.66. The number of hydrogen-bond acceptors (Lipinski definition) is 6. The molecule has 3 aromatic heterocycles. The lowest BCUT2D eigenvalue weighted by molar-refractivity contribution is 0.528. The van der Waals surface area contributed by atoms with E-state index >= 15 is 0 Å². The lowest BCUT2D eigenvalue weighted by Crippen LogP contribution is -2.42. The molecule has 1 N–H and O–H groups in total. The molecule has 1 saturated heterocycles. The van der Waals surface area contributed by atoms with Gasteiger partial charge in [0, 0.05) is 38.1 Å². The van der Waals surface area contributed by atoms with Crippen molar-refractivity contribution in [2.24, 2.45) is 7.05 Å². The van der Waals surface area contributed by atoms with Gasteiger partial charge in [-0.1, -0.05) is 0 Å². The summed E-state index contributed by atoms with van der Waals surface area (Å²) in [7, 11) is 1.95. The van der Waals surface area contributed by atoms with E-state index in [4.69, 9.17) is 0 Å². The van der Waals surface area contributed by atoms with Gasteiger partial charge >= 0.3 is 0 Å². The van der Waals surface area contributed by atoms with Crippen LogP contribution in [0.15, 0.2) is 30.6 Å². The average Bonchev–Trinajstić information content (AvgIpc) is 3.21. The van der Waals surface area contributed by atoms with Crippen molar-refractivity contribution in [2.75, 3.05) is 23.3 Å². The van der Waals surface area contributed by atoms with Crippen molar-refractivity contribution in [1.82, 2.24) is 29.8 Å². The maximum atomic E-state index is 4.45. The molecule has 26 heavy (non-hydrogen) atoms. The second-order valence-corrected chi connectivity index (χ2v) is 6.92. The number of piperidine rings is 1. The summed E-state index contributed by atoms with van der Waals surface area (Å²) in [6.07, 6.45) is 6.25. The van der Waals surface area contributed by atoms with Crippen LogP contribution in [0, 0.1) is 13.8 Å². The van der Waals surface area contributed by atoms with Crippen LogP contribution in [-0.4, -0.2) is 48.9 Å². The van der Waals surface area contributed by atoms with Gasteiger partial charge in [-0.2, -0.15) is 10.2 Å². The maximum Gasteiger partial charge on any atom is 0.176 e. The van der Waals surface area contributed by atoms with Gasteiger partial charge in [0.2, 0.25) is 0 Å². The quantitative estimate of drug-likeness (QED) is 0.775. The zero-order chi connectivity index (χ0) is 18.1. The van der Waals surface area contributed by atoms with Crippen LogP contribution in [0.2, 0.25) is 0 Å². The van der Waals surface area contributed by atoms with E-state index in [1.54, 1.807) is 0 Å². The van der Waals surface area contributed by atoms with Gasteiger partial charge in [0.25, 0.3) is 0 Å². The predicted molar refractivity (Wildman–Crippen MR) is 101 cm³/mol. The Labute approximate surface area is 152 Å². The molecule has 0 radical (unpaired) electrons. The summed E-state index contributed by atoms with van der Waals surface area (Å²) in [5.41, 5.74) is 3.20. The molecule has 0 spiro atoms. The van der Waals surface area contributed by atoms with Gasteiger partial charge in [-0.25, -0.2) is 4.68 Å². The zero-order valence-electron chi connectivity index (χ0n) is 15.4. The fraction of sp³-hybridized carbons (Fsp3) is 0.444. The first-order valence-corrected chi connectivity index (χ1v) is 8.96. The second kappa shape index (κ2) is 6.78.